The largest absolute Gasteiger partial charge is 0.472 e. The number of hydrogen-bond acceptors (Lipinski definition) is 5. The molecule has 0 fully saturated rings. The normalized spacial score (nSPS) is 14.5. The molecular weight excluding hydrogens is 297 g/mol. The highest BCUT2D eigenvalue weighted by Gasteiger charge is 2.21. The van der Waals surface area contributed by atoms with Gasteiger partial charge >= 0.3 is 13.8 Å². The molecule has 1 unspecified atom stereocenters. The van der Waals surface area contributed by atoms with E-state index in [2.05, 4.69) is 6.58 Å². The highest BCUT2D eigenvalue weighted by molar-refractivity contribution is 7.47. The minimum atomic E-state index is -4.02. The number of ether oxygens (including phenoxy) is 1. The Labute approximate surface area is 126 Å². The van der Waals surface area contributed by atoms with Crippen LogP contribution < -0.4 is 0 Å². The van der Waals surface area contributed by atoms with E-state index >= 15 is 0 Å². The predicted molar refractivity (Wildman–Crippen MR) is 79.6 cm³/mol. The van der Waals surface area contributed by atoms with Crippen molar-refractivity contribution in [2.24, 2.45) is 0 Å². The van der Waals surface area contributed by atoms with Crippen molar-refractivity contribution in [1.82, 2.24) is 0 Å². The fourth-order valence-electron chi connectivity index (χ4n) is 1.28. The van der Waals surface area contributed by atoms with Crippen molar-refractivity contribution in [3.8, 4) is 0 Å². The summed E-state index contributed by atoms with van der Waals surface area (Å²) < 4.78 is 26.7. The lowest BCUT2D eigenvalue weighted by Gasteiger charge is -2.23. The highest BCUT2D eigenvalue weighted by Crippen LogP contribution is 2.43. The molecule has 0 amide bonds. The molecule has 0 aromatic heterocycles. The Hall–Kier alpha value is -0.720. The zero-order valence-corrected chi connectivity index (χ0v) is 14.2. The van der Waals surface area contributed by atoms with Gasteiger partial charge in [0.25, 0.3) is 0 Å². The van der Waals surface area contributed by atoms with E-state index in [4.69, 9.17) is 13.8 Å². The summed E-state index contributed by atoms with van der Waals surface area (Å²) >= 11 is 0. The SMILES string of the molecule is C=C(C)C(=O)OCCCOP(=O)(O)OCCC[N+](C)(C)C. The van der Waals surface area contributed by atoms with Gasteiger partial charge in [-0.25, -0.2) is 9.36 Å². The van der Waals surface area contributed by atoms with Gasteiger partial charge in [-0.2, -0.15) is 0 Å². The fourth-order valence-corrected chi connectivity index (χ4v) is 2.08. The van der Waals surface area contributed by atoms with Gasteiger partial charge in [0.05, 0.1) is 47.5 Å². The minimum absolute atomic E-state index is 0.0212. The van der Waals surface area contributed by atoms with E-state index in [0.29, 0.717) is 18.4 Å². The summed E-state index contributed by atoms with van der Waals surface area (Å²) in [5.41, 5.74) is 0.310. The van der Waals surface area contributed by atoms with Crippen molar-refractivity contribution in [3.05, 3.63) is 12.2 Å². The lowest BCUT2D eigenvalue weighted by Crippen LogP contribution is -2.35. The smallest absolute Gasteiger partial charge is 0.462 e. The zero-order valence-electron chi connectivity index (χ0n) is 13.3. The Balaban J connectivity index is 3.71. The first kappa shape index (κ1) is 20.3. The lowest BCUT2D eigenvalue weighted by atomic mass is 10.4. The number of phosphoric ester groups is 1. The van der Waals surface area contributed by atoms with E-state index < -0.39 is 13.8 Å². The second kappa shape index (κ2) is 9.33. The van der Waals surface area contributed by atoms with E-state index in [1.165, 1.54) is 0 Å². The summed E-state index contributed by atoms with van der Waals surface area (Å²) in [5, 5.41) is 0. The average molecular weight is 324 g/mol. The minimum Gasteiger partial charge on any atom is -0.462 e. The van der Waals surface area contributed by atoms with Crippen LogP contribution in [0.4, 0.5) is 0 Å². The van der Waals surface area contributed by atoms with Crippen LogP contribution in [0, 0.1) is 0 Å². The van der Waals surface area contributed by atoms with Gasteiger partial charge in [0, 0.05) is 18.4 Å². The number of nitrogens with zero attached hydrogens (tertiary/aromatic N) is 1. The van der Waals surface area contributed by atoms with Gasteiger partial charge < -0.3 is 14.1 Å². The van der Waals surface area contributed by atoms with E-state index in [1.807, 2.05) is 21.1 Å². The maximum Gasteiger partial charge on any atom is 0.472 e. The molecule has 0 bridgehead atoms. The summed E-state index contributed by atoms with van der Waals surface area (Å²) in [6, 6.07) is 0. The van der Waals surface area contributed by atoms with E-state index in [0.717, 1.165) is 11.0 Å². The molecule has 0 heterocycles. The Kier molecular flexibility index (Phi) is 9.01. The molecule has 0 aromatic rings. The number of carbonyl (C=O) groups excluding carboxylic acids is 1. The second-order valence-corrected chi connectivity index (χ2v) is 7.23. The Morgan fingerprint density at radius 3 is 2.14 bits per heavy atom. The standard InChI is InChI=1S/C13H26NO6P/c1-12(2)13(15)18-9-7-11-20-21(16,17)19-10-6-8-14(3,4)5/h1,6-11H2,2-5H3/p+1. The molecule has 124 valence electrons. The Morgan fingerprint density at radius 2 is 1.67 bits per heavy atom. The van der Waals surface area contributed by atoms with E-state index in [-0.39, 0.29) is 19.8 Å². The van der Waals surface area contributed by atoms with Crippen LogP contribution in [-0.4, -0.2) is 62.9 Å². The van der Waals surface area contributed by atoms with Crippen LogP contribution in [0.15, 0.2) is 12.2 Å². The van der Waals surface area contributed by atoms with Crippen LogP contribution in [0.25, 0.3) is 0 Å². The van der Waals surface area contributed by atoms with Crippen molar-refractivity contribution in [3.63, 3.8) is 0 Å². The molecule has 0 saturated heterocycles. The molecule has 0 radical (unpaired) electrons. The van der Waals surface area contributed by atoms with E-state index in [1.54, 1.807) is 6.92 Å². The number of esters is 1. The van der Waals surface area contributed by atoms with Crippen molar-refractivity contribution >= 4 is 13.8 Å². The third-order valence-electron chi connectivity index (χ3n) is 2.35. The molecule has 0 spiro atoms. The van der Waals surface area contributed by atoms with E-state index in [9.17, 15) is 14.3 Å². The molecule has 1 atom stereocenters. The molecule has 7 nitrogen and oxygen atoms in total. The second-order valence-electron chi connectivity index (χ2n) is 5.77. The molecule has 0 aliphatic carbocycles. The van der Waals surface area contributed by atoms with Crippen LogP contribution in [0.2, 0.25) is 0 Å². The number of carbonyl (C=O) groups is 1. The first-order chi connectivity index (χ1) is 9.53. The highest BCUT2D eigenvalue weighted by atomic mass is 31.2. The molecule has 0 aliphatic rings. The summed E-state index contributed by atoms with van der Waals surface area (Å²) in [7, 11) is 2.06. The Morgan fingerprint density at radius 1 is 1.14 bits per heavy atom. The maximum absolute atomic E-state index is 11.5. The lowest BCUT2D eigenvalue weighted by molar-refractivity contribution is -0.870. The van der Waals surface area contributed by atoms with Crippen LogP contribution in [0.5, 0.6) is 0 Å². The molecule has 0 aliphatic heterocycles. The first-order valence-electron chi connectivity index (χ1n) is 6.78. The molecular formula is C13H27NO6P+. The topological polar surface area (TPSA) is 82.1 Å². The van der Waals surface area contributed by atoms with Crippen LogP contribution >= 0.6 is 7.82 Å². The Bertz CT molecular complexity index is 391. The molecule has 1 N–H and O–H groups in total. The zero-order chi connectivity index (χ0) is 16.5. The van der Waals surface area contributed by atoms with Gasteiger partial charge in [-0.3, -0.25) is 9.05 Å². The van der Waals surface area contributed by atoms with Gasteiger partial charge in [0.1, 0.15) is 0 Å². The molecule has 0 saturated carbocycles. The summed E-state index contributed by atoms with van der Waals surface area (Å²) in [6.45, 7) is 6.06. The fraction of sp³-hybridized carbons (Fsp3) is 0.769. The third-order valence-corrected chi connectivity index (χ3v) is 3.37. The van der Waals surface area contributed by atoms with Crippen molar-refractivity contribution in [1.29, 1.82) is 0 Å². The number of quaternary nitrogens is 1. The molecule has 8 heteroatoms. The summed E-state index contributed by atoms with van der Waals surface area (Å²) in [6.07, 6.45) is 0.972. The van der Waals surface area contributed by atoms with Crippen molar-refractivity contribution in [2.75, 3.05) is 47.5 Å². The molecule has 0 aromatic carbocycles. The van der Waals surface area contributed by atoms with Gasteiger partial charge in [0.2, 0.25) is 0 Å². The molecule has 0 rings (SSSR count). The third kappa shape index (κ3) is 12.7. The number of phosphoric acid groups is 1. The first-order valence-corrected chi connectivity index (χ1v) is 8.28. The predicted octanol–water partition coefficient (Wildman–Crippen LogP) is 1.73. The van der Waals surface area contributed by atoms with Crippen molar-refractivity contribution in [2.45, 2.75) is 19.8 Å². The van der Waals surface area contributed by atoms with Gasteiger partial charge in [-0.1, -0.05) is 6.58 Å². The number of hydrogen-bond donors (Lipinski definition) is 1. The van der Waals surface area contributed by atoms with Crippen LogP contribution in [0.1, 0.15) is 19.8 Å². The van der Waals surface area contributed by atoms with Crippen LogP contribution in [0.3, 0.4) is 0 Å². The van der Waals surface area contributed by atoms with Gasteiger partial charge in [-0.15, -0.1) is 0 Å². The summed E-state index contributed by atoms with van der Waals surface area (Å²) in [4.78, 5) is 20.5. The number of rotatable bonds is 11. The summed E-state index contributed by atoms with van der Waals surface area (Å²) in [5.74, 6) is -0.487. The van der Waals surface area contributed by atoms with Crippen LogP contribution in [-0.2, 0) is 23.1 Å². The quantitative estimate of drug-likeness (QED) is 0.205. The van der Waals surface area contributed by atoms with Gasteiger partial charge in [-0.05, 0) is 6.92 Å². The average Bonchev–Trinajstić information content (AvgIpc) is 2.32. The van der Waals surface area contributed by atoms with Gasteiger partial charge in [0.15, 0.2) is 0 Å². The monoisotopic (exact) mass is 324 g/mol. The van der Waals surface area contributed by atoms with Crippen molar-refractivity contribution < 1.29 is 32.5 Å². The maximum atomic E-state index is 11.5. The molecule has 21 heavy (non-hydrogen) atoms.